The van der Waals surface area contributed by atoms with Gasteiger partial charge in [0, 0.05) is 13.1 Å². The molecule has 8 heteroatoms. The molecule has 0 radical (unpaired) electrons. The molecule has 0 aliphatic rings. The van der Waals surface area contributed by atoms with Crippen LogP contribution in [0.5, 0.6) is 5.75 Å². The zero-order valence-corrected chi connectivity index (χ0v) is 16.6. The molecule has 0 saturated carbocycles. The van der Waals surface area contributed by atoms with Gasteiger partial charge in [-0.25, -0.2) is 4.79 Å². The number of ether oxygens (including phenoxy) is 1. The van der Waals surface area contributed by atoms with Crippen molar-refractivity contribution in [3.63, 3.8) is 0 Å². The van der Waals surface area contributed by atoms with Gasteiger partial charge in [0.2, 0.25) is 0 Å². The number of anilines is 2. The van der Waals surface area contributed by atoms with Gasteiger partial charge in [-0.3, -0.25) is 19.1 Å². The van der Waals surface area contributed by atoms with Crippen LogP contribution in [0.15, 0.2) is 39.9 Å². The summed E-state index contributed by atoms with van der Waals surface area (Å²) in [6.45, 7) is 6.15. The first-order valence-electron chi connectivity index (χ1n) is 9.56. The maximum Gasteiger partial charge on any atom is 0.330 e. The Kier molecular flexibility index (Phi) is 7.43. The molecule has 2 rings (SSSR count). The van der Waals surface area contributed by atoms with Crippen LogP contribution in [0.25, 0.3) is 0 Å². The number of carbonyl (C=O) groups excluding carboxylic acids is 1. The number of carbonyl (C=O) groups is 1. The molecule has 0 spiro atoms. The Balaban J connectivity index is 2.43. The number of nitrogens with one attached hydrogen (secondary N) is 1. The van der Waals surface area contributed by atoms with Crippen molar-refractivity contribution < 1.29 is 9.53 Å². The second kappa shape index (κ2) is 9.77. The number of nitrogen functional groups attached to an aromatic ring is 1. The number of benzene rings is 1. The van der Waals surface area contributed by atoms with Crippen molar-refractivity contribution >= 4 is 17.4 Å². The van der Waals surface area contributed by atoms with E-state index in [0.717, 1.165) is 6.42 Å². The molecule has 1 atom stereocenters. The number of amides is 1. The van der Waals surface area contributed by atoms with Crippen molar-refractivity contribution in [2.24, 2.45) is 0 Å². The van der Waals surface area contributed by atoms with Crippen LogP contribution in [0.4, 0.5) is 11.5 Å². The van der Waals surface area contributed by atoms with E-state index in [-0.39, 0.29) is 11.5 Å². The molecular weight excluding hydrogens is 360 g/mol. The van der Waals surface area contributed by atoms with Crippen molar-refractivity contribution in [3.8, 4) is 5.75 Å². The lowest BCUT2D eigenvalue weighted by atomic mass is 10.2. The van der Waals surface area contributed by atoms with E-state index < -0.39 is 23.3 Å². The Morgan fingerprint density at radius 2 is 1.89 bits per heavy atom. The van der Waals surface area contributed by atoms with E-state index in [1.165, 1.54) is 9.47 Å². The van der Waals surface area contributed by atoms with E-state index in [4.69, 9.17) is 10.5 Å². The topological polar surface area (TPSA) is 110 Å². The van der Waals surface area contributed by atoms with Gasteiger partial charge in [0.05, 0.1) is 0 Å². The van der Waals surface area contributed by atoms with Gasteiger partial charge in [-0.15, -0.1) is 0 Å². The minimum absolute atomic E-state index is 0.00462. The molecule has 0 unspecified atom stereocenters. The average Bonchev–Trinajstić information content (AvgIpc) is 2.67. The van der Waals surface area contributed by atoms with E-state index in [2.05, 4.69) is 4.98 Å². The molecule has 152 valence electrons. The molecule has 1 heterocycles. The lowest BCUT2D eigenvalue weighted by molar-refractivity contribution is -0.124. The van der Waals surface area contributed by atoms with Crippen LogP contribution >= 0.6 is 0 Å². The lowest BCUT2D eigenvalue weighted by Gasteiger charge is -2.27. The van der Waals surface area contributed by atoms with Crippen LogP contribution in [-0.2, 0) is 11.3 Å². The molecule has 1 aromatic carbocycles. The number of hydrogen-bond donors (Lipinski definition) is 2. The maximum absolute atomic E-state index is 13.1. The minimum Gasteiger partial charge on any atom is -0.481 e. The highest BCUT2D eigenvalue weighted by molar-refractivity contribution is 5.98. The number of aromatic amines is 1. The fourth-order valence-electron chi connectivity index (χ4n) is 2.91. The standard InChI is InChI=1S/C20H28N4O4/c1-4-6-13-23(19(26)14(3)28-15-10-8-7-9-11-15)16-17(21)24(12-5-2)20(27)22-18(16)25/h7-11,14H,4-6,12-13,21H2,1-3H3,(H,22,25,27)/t14-/m1/s1. The number of para-hydroxylation sites is 1. The monoisotopic (exact) mass is 388 g/mol. The SMILES string of the molecule is CCCCN(C(=O)[C@@H](C)Oc1ccccc1)c1c(N)n(CCC)c(=O)[nH]c1=O. The molecule has 0 bridgehead atoms. The molecule has 8 nitrogen and oxygen atoms in total. The van der Waals surface area contributed by atoms with Gasteiger partial charge in [0.1, 0.15) is 11.6 Å². The van der Waals surface area contributed by atoms with E-state index in [0.29, 0.717) is 31.7 Å². The lowest BCUT2D eigenvalue weighted by Crippen LogP contribution is -2.46. The zero-order valence-electron chi connectivity index (χ0n) is 16.6. The highest BCUT2D eigenvalue weighted by Gasteiger charge is 2.28. The summed E-state index contributed by atoms with van der Waals surface area (Å²) in [6, 6.07) is 8.98. The fourth-order valence-corrected chi connectivity index (χ4v) is 2.91. The highest BCUT2D eigenvalue weighted by atomic mass is 16.5. The van der Waals surface area contributed by atoms with Crippen molar-refractivity contribution in [3.05, 3.63) is 51.2 Å². The first-order valence-corrected chi connectivity index (χ1v) is 9.56. The van der Waals surface area contributed by atoms with Crippen LogP contribution in [0.3, 0.4) is 0 Å². The summed E-state index contributed by atoms with van der Waals surface area (Å²) in [7, 11) is 0. The Morgan fingerprint density at radius 3 is 2.50 bits per heavy atom. The molecule has 0 aliphatic heterocycles. The van der Waals surface area contributed by atoms with E-state index in [1.54, 1.807) is 19.1 Å². The van der Waals surface area contributed by atoms with Crippen LogP contribution < -0.4 is 26.6 Å². The van der Waals surface area contributed by atoms with Crippen molar-refractivity contribution in [1.82, 2.24) is 9.55 Å². The summed E-state index contributed by atoms with van der Waals surface area (Å²) in [5.74, 6) is 0.153. The molecule has 0 fully saturated rings. The van der Waals surface area contributed by atoms with Crippen LogP contribution in [-0.4, -0.2) is 28.1 Å². The van der Waals surface area contributed by atoms with Gasteiger partial charge in [0.15, 0.2) is 11.8 Å². The molecule has 1 amide bonds. The average molecular weight is 388 g/mol. The number of nitrogens with two attached hydrogens (primary N) is 1. The third-order valence-electron chi connectivity index (χ3n) is 4.34. The van der Waals surface area contributed by atoms with Crippen molar-refractivity contribution in [2.75, 3.05) is 17.2 Å². The highest BCUT2D eigenvalue weighted by Crippen LogP contribution is 2.20. The number of hydrogen-bond acceptors (Lipinski definition) is 5. The van der Waals surface area contributed by atoms with Crippen molar-refractivity contribution in [2.45, 2.75) is 52.7 Å². The van der Waals surface area contributed by atoms with Crippen LogP contribution in [0.2, 0.25) is 0 Å². The second-order valence-electron chi connectivity index (χ2n) is 6.56. The number of H-pyrrole nitrogens is 1. The smallest absolute Gasteiger partial charge is 0.330 e. The van der Waals surface area contributed by atoms with Gasteiger partial charge in [0.25, 0.3) is 11.5 Å². The Bertz CT molecular complexity index is 905. The second-order valence-corrected chi connectivity index (χ2v) is 6.56. The fraction of sp³-hybridized carbons (Fsp3) is 0.450. The number of rotatable bonds is 9. The molecule has 2 aromatic rings. The minimum atomic E-state index is -0.829. The molecule has 0 saturated heterocycles. The summed E-state index contributed by atoms with van der Waals surface area (Å²) < 4.78 is 7.01. The van der Waals surface area contributed by atoms with E-state index in [1.807, 2.05) is 32.0 Å². The normalized spacial score (nSPS) is 11.8. The first-order chi connectivity index (χ1) is 13.4. The Morgan fingerprint density at radius 1 is 1.21 bits per heavy atom. The van der Waals surface area contributed by atoms with E-state index >= 15 is 0 Å². The third kappa shape index (κ3) is 4.82. The van der Waals surface area contributed by atoms with Gasteiger partial charge < -0.3 is 15.4 Å². The number of unbranched alkanes of at least 4 members (excludes halogenated alkanes) is 1. The Labute approximate surface area is 163 Å². The number of nitrogens with zero attached hydrogens (tertiary/aromatic N) is 2. The van der Waals surface area contributed by atoms with Gasteiger partial charge >= 0.3 is 5.69 Å². The van der Waals surface area contributed by atoms with Gasteiger partial charge in [-0.1, -0.05) is 38.5 Å². The van der Waals surface area contributed by atoms with Crippen molar-refractivity contribution in [1.29, 1.82) is 0 Å². The van der Waals surface area contributed by atoms with Gasteiger partial charge in [-0.2, -0.15) is 0 Å². The molecule has 0 aliphatic carbocycles. The van der Waals surface area contributed by atoms with E-state index in [9.17, 15) is 14.4 Å². The number of aromatic nitrogens is 2. The maximum atomic E-state index is 13.1. The van der Waals surface area contributed by atoms with Gasteiger partial charge in [-0.05, 0) is 31.9 Å². The summed E-state index contributed by atoms with van der Waals surface area (Å²) in [5, 5.41) is 0. The first kappa shape index (κ1) is 21.3. The predicted octanol–water partition coefficient (Wildman–Crippen LogP) is 2.13. The summed E-state index contributed by atoms with van der Waals surface area (Å²) in [4.78, 5) is 41.3. The largest absolute Gasteiger partial charge is 0.481 e. The summed E-state index contributed by atoms with van der Waals surface area (Å²) in [6.07, 6.45) is 1.33. The molecule has 3 N–H and O–H groups in total. The van der Waals surface area contributed by atoms with Crippen LogP contribution in [0.1, 0.15) is 40.0 Å². The summed E-state index contributed by atoms with van der Waals surface area (Å²) >= 11 is 0. The quantitative estimate of drug-likeness (QED) is 0.684. The predicted molar refractivity (Wildman–Crippen MR) is 110 cm³/mol. The molecule has 1 aromatic heterocycles. The molecule has 28 heavy (non-hydrogen) atoms. The third-order valence-corrected chi connectivity index (χ3v) is 4.34. The van der Waals surface area contributed by atoms with Crippen LogP contribution in [0, 0.1) is 0 Å². The summed E-state index contributed by atoms with van der Waals surface area (Å²) in [5.41, 5.74) is 4.88. The molecular formula is C20H28N4O4. The zero-order chi connectivity index (χ0) is 20.7. The Hall–Kier alpha value is -3.03.